The van der Waals surface area contributed by atoms with Crippen LogP contribution in [0.3, 0.4) is 0 Å². The maximum atomic E-state index is 14.3. The minimum absolute atomic E-state index is 0.0269. The lowest BCUT2D eigenvalue weighted by Crippen LogP contribution is -2.44. The quantitative estimate of drug-likeness (QED) is 0.0668. The Morgan fingerprint density at radius 1 is 0.925 bits per heavy atom. The molecule has 4 aromatic rings. The summed E-state index contributed by atoms with van der Waals surface area (Å²) in [7, 11) is 0. The number of carbonyl (C=O) groups is 4. The SMILES string of the molecule is CC(C(Cc1ccc(C(=O)Nc2ccccc2)o1)c1ccc2c(c1)OCO2)N(CC=Cc1ccccc1)C(=O)C(O)=C(CC(=O)O)C(=O)OC1CCC1. The second-order valence-corrected chi connectivity index (χ2v) is 12.9. The van der Waals surface area contributed by atoms with Gasteiger partial charge in [-0.3, -0.25) is 14.4 Å². The molecule has 2 amide bonds. The lowest BCUT2D eigenvalue weighted by molar-refractivity contribution is -0.151. The van der Waals surface area contributed by atoms with Gasteiger partial charge in [0, 0.05) is 30.6 Å². The van der Waals surface area contributed by atoms with Gasteiger partial charge in [-0.1, -0.05) is 66.7 Å². The Bertz CT molecular complexity index is 2000. The molecule has 2 aliphatic rings. The lowest BCUT2D eigenvalue weighted by atomic mass is 9.87. The summed E-state index contributed by atoms with van der Waals surface area (Å²) in [6.07, 6.45) is 4.55. The molecular weight excluding hydrogens is 680 g/mol. The molecule has 2 unspecified atom stereocenters. The number of rotatable bonds is 15. The van der Waals surface area contributed by atoms with Gasteiger partial charge < -0.3 is 39.1 Å². The molecule has 1 aliphatic heterocycles. The number of hydrogen-bond acceptors (Lipinski definition) is 9. The molecule has 3 N–H and O–H groups in total. The molecule has 2 atom stereocenters. The Morgan fingerprint density at radius 2 is 1.64 bits per heavy atom. The molecule has 1 aromatic heterocycles. The number of furan rings is 1. The largest absolute Gasteiger partial charge is 0.503 e. The number of carboxylic acids is 1. The number of fused-ring (bicyclic) bond motifs is 1. The summed E-state index contributed by atoms with van der Waals surface area (Å²) >= 11 is 0. The second-order valence-electron chi connectivity index (χ2n) is 12.9. The van der Waals surface area contributed by atoms with Crippen LogP contribution in [0.1, 0.15) is 66.0 Å². The summed E-state index contributed by atoms with van der Waals surface area (Å²) < 4.78 is 22.7. The predicted molar refractivity (Wildman–Crippen MR) is 194 cm³/mol. The summed E-state index contributed by atoms with van der Waals surface area (Å²) in [6.45, 7) is 1.81. The van der Waals surface area contributed by atoms with Crippen molar-refractivity contribution in [3.05, 3.63) is 131 Å². The highest BCUT2D eigenvalue weighted by Crippen LogP contribution is 2.38. The first-order valence-electron chi connectivity index (χ1n) is 17.4. The van der Waals surface area contributed by atoms with Gasteiger partial charge in [-0.05, 0) is 73.7 Å². The summed E-state index contributed by atoms with van der Waals surface area (Å²) in [5, 5.41) is 23.8. The van der Waals surface area contributed by atoms with Crippen LogP contribution in [0.5, 0.6) is 11.5 Å². The first-order valence-corrected chi connectivity index (χ1v) is 17.4. The smallest absolute Gasteiger partial charge is 0.338 e. The summed E-state index contributed by atoms with van der Waals surface area (Å²) in [6, 6.07) is 26.3. The average Bonchev–Trinajstić information content (AvgIpc) is 3.82. The number of benzene rings is 3. The molecule has 2 heterocycles. The van der Waals surface area contributed by atoms with Crippen molar-refractivity contribution in [1.29, 1.82) is 0 Å². The number of nitrogens with zero attached hydrogens (tertiary/aromatic N) is 1. The van der Waals surface area contributed by atoms with E-state index in [4.69, 9.17) is 18.6 Å². The predicted octanol–water partition coefficient (Wildman–Crippen LogP) is 6.90. The van der Waals surface area contributed by atoms with Crippen molar-refractivity contribution < 1.29 is 48.0 Å². The number of aliphatic hydroxyl groups excluding tert-OH is 1. The molecule has 0 spiro atoms. The van der Waals surface area contributed by atoms with Crippen LogP contribution in [0.2, 0.25) is 0 Å². The fourth-order valence-corrected chi connectivity index (χ4v) is 6.15. The van der Waals surface area contributed by atoms with Crippen LogP contribution < -0.4 is 14.8 Å². The maximum absolute atomic E-state index is 14.3. The van der Waals surface area contributed by atoms with E-state index in [1.807, 2.05) is 48.5 Å². The van der Waals surface area contributed by atoms with Gasteiger partial charge in [0.15, 0.2) is 23.0 Å². The molecule has 1 aliphatic carbocycles. The van der Waals surface area contributed by atoms with Gasteiger partial charge in [0.2, 0.25) is 6.79 Å². The van der Waals surface area contributed by atoms with Gasteiger partial charge in [0.25, 0.3) is 11.8 Å². The van der Waals surface area contributed by atoms with Gasteiger partial charge in [0.1, 0.15) is 11.9 Å². The van der Waals surface area contributed by atoms with Crippen molar-refractivity contribution in [2.45, 2.75) is 57.1 Å². The van der Waals surface area contributed by atoms with Crippen molar-refractivity contribution in [3.8, 4) is 11.5 Å². The van der Waals surface area contributed by atoms with Crippen molar-refractivity contribution in [2.75, 3.05) is 18.7 Å². The van der Waals surface area contributed by atoms with Crippen molar-refractivity contribution in [3.63, 3.8) is 0 Å². The van der Waals surface area contributed by atoms with E-state index < -0.39 is 59.6 Å². The maximum Gasteiger partial charge on any atom is 0.338 e. The first kappa shape index (κ1) is 36.5. The average molecular weight is 721 g/mol. The standard InChI is InChI=1S/C41H40N2O10/c1-26(43(21-9-12-27-10-4-2-5-11-27)40(48)38(46)33(24-37(44)45)41(49)53-30-15-8-16-30)32(28-17-19-34-36(22-28)51-25-50-34)23-31-18-20-35(52-31)39(47)42-29-13-6-3-7-14-29/h2-7,9-14,17-20,22,26,30,32,46H,8,15-16,21,23-25H2,1H3,(H,42,47)(H,44,45). The van der Waals surface area contributed by atoms with Crippen molar-refractivity contribution in [2.24, 2.45) is 0 Å². The van der Waals surface area contributed by atoms with E-state index in [0.717, 1.165) is 17.5 Å². The molecule has 12 nitrogen and oxygen atoms in total. The minimum atomic E-state index is -1.41. The number of aliphatic carboxylic acids is 1. The van der Waals surface area contributed by atoms with Crippen LogP contribution in [0, 0.1) is 0 Å². The monoisotopic (exact) mass is 720 g/mol. The van der Waals surface area contributed by atoms with Crippen molar-refractivity contribution in [1.82, 2.24) is 4.90 Å². The molecule has 1 fully saturated rings. The van der Waals surface area contributed by atoms with Gasteiger partial charge >= 0.3 is 11.9 Å². The number of anilines is 1. The number of nitrogens with one attached hydrogen (secondary N) is 1. The van der Waals surface area contributed by atoms with Gasteiger partial charge in [-0.15, -0.1) is 0 Å². The van der Waals surface area contributed by atoms with Gasteiger partial charge in [-0.25, -0.2) is 4.79 Å². The first-order chi connectivity index (χ1) is 25.7. The number of aliphatic hydroxyl groups is 1. The third-order valence-electron chi connectivity index (χ3n) is 9.30. The van der Waals surface area contributed by atoms with E-state index in [2.05, 4.69) is 5.32 Å². The molecule has 1 saturated carbocycles. The van der Waals surface area contributed by atoms with E-state index in [0.29, 0.717) is 35.8 Å². The summed E-state index contributed by atoms with van der Waals surface area (Å²) in [5.41, 5.74) is 1.58. The number of hydrogen-bond donors (Lipinski definition) is 3. The number of carbonyl (C=O) groups excluding carboxylic acids is 3. The Balaban J connectivity index is 1.35. The Morgan fingerprint density at radius 3 is 2.34 bits per heavy atom. The molecule has 12 heteroatoms. The topological polar surface area (TPSA) is 165 Å². The third-order valence-corrected chi connectivity index (χ3v) is 9.30. The highest BCUT2D eigenvalue weighted by Gasteiger charge is 2.35. The van der Waals surface area contributed by atoms with E-state index in [9.17, 15) is 29.4 Å². The zero-order chi connectivity index (χ0) is 37.3. The highest BCUT2D eigenvalue weighted by molar-refractivity contribution is 6.04. The summed E-state index contributed by atoms with van der Waals surface area (Å²) in [4.78, 5) is 53.7. The Hall–Kier alpha value is -6.30. The fraction of sp³-hybridized carbons (Fsp3) is 0.268. The number of para-hydroxylation sites is 1. The second kappa shape index (κ2) is 16.8. The zero-order valence-electron chi connectivity index (χ0n) is 29.1. The van der Waals surface area contributed by atoms with Crippen LogP contribution in [-0.4, -0.2) is 64.3 Å². The molecule has 274 valence electrons. The van der Waals surface area contributed by atoms with Gasteiger partial charge in [0.05, 0.1) is 12.0 Å². The number of carboxylic acid groups (broad SMARTS) is 1. The van der Waals surface area contributed by atoms with E-state index in [1.165, 1.54) is 4.90 Å². The molecule has 0 saturated heterocycles. The summed E-state index contributed by atoms with van der Waals surface area (Å²) in [5.74, 6) is -3.78. The fourth-order valence-electron chi connectivity index (χ4n) is 6.15. The normalized spacial score (nSPS) is 15.2. The van der Waals surface area contributed by atoms with E-state index in [1.54, 1.807) is 61.5 Å². The number of ether oxygens (including phenoxy) is 3. The van der Waals surface area contributed by atoms with Crippen LogP contribution in [0.4, 0.5) is 5.69 Å². The molecule has 3 aromatic carbocycles. The molecule has 0 radical (unpaired) electrons. The number of amides is 2. The van der Waals surface area contributed by atoms with Crippen molar-refractivity contribution >= 4 is 35.5 Å². The van der Waals surface area contributed by atoms with Crippen LogP contribution >= 0.6 is 0 Å². The van der Waals surface area contributed by atoms with E-state index >= 15 is 0 Å². The van der Waals surface area contributed by atoms with Crippen LogP contribution in [0.25, 0.3) is 6.08 Å². The highest BCUT2D eigenvalue weighted by atomic mass is 16.7. The molecule has 0 bridgehead atoms. The molecular formula is C41H40N2O10. The van der Waals surface area contributed by atoms with Gasteiger partial charge in [-0.2, -0.15) is 0 Å². The third kappa shape index (κ3) is 9.14. The lowest BCUT2D eigenvalue weighted by Gasteiger charge is -2.34. The molecule has 53 heavy (non-hydrogen) atoms. The number of esters is 1. The molecule has 6 rings (SSSR count). The minimum Gasteiger partial charge on any atom is -0.503 e. The zero-order valence-corrected chi connectivity index (χ0v) is 29.1. The Kier molecular flexibility index (Phi) is 11.6. The Labute approximate surface area is 306 Å². The van der Waals surface area contributed by atoms with Crippen LogP contribution in [0.15, 0.2) is 113 Å². The van der Waals surface area contributed by atoms with E-state index in [-0.39, 0.29) is 25.5 Å². The van der Waals surface area contributed by atoms with Crippen LogP contribution in [-0.2, 0) is 25.5 Å².